The van der Waals surface area contributed by atoms with Gasteiger partial charge in [-0.1, -0.05) is 18.2 Å². The van der Waals surface area contributed by atoms with Crippen molar-refractivity contribution in [2.75, 3.05) is 5.32 Å². The fourth-order valence-electron chi connectivity index (χ4n) is 6.36. The van der Waals surface area contributed by atoms with Gasteiger partial charge in [0.1, 0.15) is 6.04 Å². The average Bonchev–Trinajstić information content (AvgIpc) is 2.69. The fourth-order valence-corrected chi connectivity index (χ4v) is 6.36. The van der Waals surface area contributed by atoms with Gasteiger partial charge in [-0.3, -0.25) is 9.59 Å². The van der Waals surface area contributed by atoms with E-state index in [1.807, 2.05) is 32.0 Å². The lowest BCUT2D eigenvalue weighted by atomic mass is 9.49. The molecule has 4 fully saturated rings. The lowest BCUT2D eigenvalue weighted by Crippen LogP contribution is -2.56. The molecule has 0 unspecified atom stereocenters. The number of nitrogens with one attached hydrogen (secondary N) is 2. The molecule has 2 amide bonds. The molecule has 4 aliphatic rings. The van der Waals surface area contributed by atoms with Crippen molar-refractivity contribution in [1.82, 2.24) is 5.32 Å². The van der Waals surface area contributed by atoms with Gasteiger partial charge in [0.2, 0.25) is 5.91 Å². The second-order valence-electron chi connectivity index (χ2n) is 10.2. The molecule has 0 radical (unpaired) electrons. The van der Waals surface area contributed by atoms with Gasteiger partial charge in [-0.05, 0) is 95.1 Å². The third kappa shape index (κ3) is 4.35. The van der Waals surface area contributed by atoms with Crippen LogP contribution in [-0.2, 0) is 19.1 Å². The van der Waals surface area contributed by atoms with E-state index in [1.165, 1.54) is 19.3 Å². The first kappa shape index (κ1) is 21.8. The second-order valence-corrected chi connectivity index (χ2v) is 10.2. The Balaban J connectivity index is 1.32. The number of aryl methyl sites for hydroxylation is 2. The molecule has 0 saturated heterocycles. The van der Waals surface area contributed by atoms with E-state index in [2.05, 4.69) is 10.6 Å². The van der Waals surface area contributed by atoms with E-state index in [4.69, 9.17) is 4.74 Å². The third-order valence-electron chi connectivity index (χ3n) is 7.61. The van der Waals surface area contributed by atoms with Crippen LogP contribution in [-0.4, -0.2) is 29.9 Å². The van der Waals surface area contributed by atoms with Crippen LogP contribution in [0, 0.1) is 37.0 Å². The summed E-state index contributed by atoms with van der Waals surface area (Å²) in [4.78, 5) is 38.3. The van der Waals surface area contributed by atoms with E-state index in [-0.39, 0.29) is 17.2 Å². The van der Waals surface area contributed by atoms with Crippen molar-refractivity contribution in [1.29, 1.82) is 0 Å². The van der Waals surface area contributed by atoms with Crippen LogP contribution in [0.25, 0.3) is 0 Å². The largest absolute Gasteiger partial charge is 0.451 e. The Labute approximate surface area is 184 Å². The fraction of sp³-hybridized carbons (Fsp3) is 0.640. The van der Waals surface area contributed by atoms with Gasteiger partial charge >= 0.3 is 5.97 Å². The number of carbonyl (C=O) groups is 3. The normalized spacial score (nSPS) is 30.4. The molecule has 0 aliphatic heterocycles. The topological polar surface area (TPSA) is 84.5 Å². The van der Waals surface area contributed by atoms with Gasteiger partial charge < -0.3 is 15.4 Å². The Kier molecular flexibility index (Phi) is 5.84. The summed E-state index contributed by atoms with van der Waals surface area (Å²) in [6, 6.07) is 4.98. The second kappa shape index (κ2) is 8.29. The van der Waals surface area contributed by atoms with Crippen LogP contribution in [0.1, 0.15) is 63.5 Å². The van der Waals surface area contributed by atoms with Crippen molar-refractivity contribution in [3.05, 3.63) is 29.3 Å². The number of esters is 1. The molecule has 0 aromatic heterocycles. The van der Waals surface area contributed by atoms with Crippen molar-refractivity contribution in [3.8, 4) is 0 Å². The first-order chi connectivity index (χ1) is 14.7. The molecule has 6 nitrogen and oxygen atoms in total. The van der Waals surface area contributed by atoms with Gasteiger partial charge in [-0.25, -0.2) is 4.79 Å². The molecule has 1 aromatic rings. The Morgan fingerprint density at radius 1 is 0.968 bits per heavy atom. The number of hydrogen-bond acceptors (Lipinski definition) is 4. The van der Waals surface area contributed by atoms with Crippen molar-refractivity contribution in [2.45, 2.75) is 78.4 Å². The standard InChI is InChI=1S/C25H34N2O4/c1-14-6-5-7-15(2)21(14)27-22(28)17(4)31-23(29)16(3)26-24(30)25-11-18-8-19(12-25)10-20(9-18)13-25/h5-7,16-20H,8-13H2,1-4H3,(H,26,30)(H,27,28)/t16-,17-,18?,19?,20?,25?/m0/s1. The Morgan fingerprint density at radius 2 is 1.48 bits per heavy atom. The smallest absolute Gasteiger partial charge is 0.329 e. The quantitative estimate of drug-likeness (QED) is 0.676. The lowest BCUT2D eigenvalue weighted by molar-refractivity contribution is -0.158. The van der Waals surface area contributed by atoms with Gasteiger partial charge in [0.05, 0.1) is 0 Å². The minimum atomic E-state index is -0.953. The Hall–Kier alpha value is -2.37. The van der Waals surface area contributed by atoms with Gasteiger partial charge in [0.15, 0.2) is 6.10 Å². The molecule has 0 spiro atoms. The summed E-state index contributed by atoms with van der Waals surface area (Å²) in [5, 5.41) is 5.75. The van der Waals surface area contributed by atoms with Crippen LogP contribution >= 0.6 is 0 Å². The predicted molar refractivity (Wildman–Crippen MR) is 118 cm³/mol. The van der Waals surface area contributed by atoms with Gasteiger partial charge in [0.25, 0.3) is 5.91 Å². The number of rotatable bonds is 6. The zero-order valence-electron chi connectivity index (χ0n) is 19.0. The highest BCUT2D eigenvalue weighted by atomic mass is 16.5. The monoisotopic (exact) mass is 426 g/mol. The van der Waals surface area contributed by atoms with Crippen molar-refractivity contribution in [2.24, 2.45) is 23.2 Å². The SMILES string of the molecule is Cc1cccc(C)c1NC(=O)[C@H](C)OC(=O)[C@H](C)NC(=O)C12CC3CC(CC(C3)C1)C2. The number of benzene rings is 1. The van der Waals surface area contributed by atoms with E-state index < -0.39 is 18.1 Å². The maximum atomic E-state index is 13.1. The minimum Gasteiger partial charge on any atom is -0.451 e. The number of para-hydroxylation sites is 1. The van der Waals surface area contributed by atoms with E-state index in [9.17, 15) is 14.4 Å². The average molecular weight is 427 g/mol. The van der Waals surface area contributed by atoms with E-state index >= 15 is 0 Å². The minimum absolute atomic E-state index is 0.0105. The molecule has 4 saturated carbocycles. The summed E-state index contributed by atoms with van der Waals surface area (Å²) in [6.07, 6.45) is 5.67. The molecular formula is C25H34N2O4. The summed E-state index contributed by atoms with van der Waals surface area (Å²) in [5.74, 6) is 1.00. The summed E-state index contributed by atoms with van der Waals surface area (Å²) in [5.41, 5.74) is 2.32. The highest BCUT2D eigenvalue weighted by Crippen LogP contribution is 2.60. The molecule has 4 bridgehead atoms. The van der Waals surface area contributed by atoms with Crippen molar-refractivity contribution in [3.63, 3.8) is 0 Å². The zero-order valence-corrected chi connectivity index (χ0v) is 19.0. The molecule has 2 N–H and O–H groups in total. The number of ether oxygens (including phenoxy) is 1. The van der Waals surface area contributed by atoms with Crippen LogP contribution in [0.2, 0.25) is 0 Å². The van der Waals surface area contributed by atoms with Crippen LogP contribution < -0.4 is 10.6 Å². The van der Waals surface area contributed by atoms with Gasteiger partial charge in [-0.15, -0.1) is 0 Å². The summed E-state index contributed by atoms with van der Waals surface area (Å²) in [6.45, 7) is 7.02. The van der Waals surface area contributed by atoms with Crippen LogP contribution in [0.15, 0.2) is 18.2 Å². The van der Waals surface area contributed by atoms with Crippen molar-refractivity contribution >= 4 is 23.5 Å². The number of hydrogen-bond donors (Lipinski definition) is 2. The van der Waals surface area contributed by atoms with E-state index in [0.29, 0.717) is 17.8 Å². The Morgan fingerprint density at radius 3 is 2.00 bits per heavy atom. The summed E-state index contributed by atoms with van der Waals surface area (Å²) < 4.78 is 5.38. The first-order valence-corrected chi connectivity index (χ1v) is 11.6. The number of amides is 2. The van der Waals surface area contributed by atoms with E-state index in [0.717, 1.165) is 36.1 Å². The highest BCUT2D eigenvalue weighted by molar-refractivity contribution is 5.97. The van der Waals surface area contributed by atoms with Crippen molar-refractivity contribution < 1.29 is 19.1 Å². The zero-order chi connectivity index (χ0) is 22.3. The molecule has 6 heteroatoms. The van der Waals surface area contributed by atoms with Crippen LogP contribution in [0.4, 0.5) is 5.69 Å². The maximum Gasteiger partial charge on any atom is 0.329 e. The van der Waals surface area contributed by atoms with E-state index in [1.54, 1.807) is 13.8 Å². The van der Waals surface area contributed by atoms with Gasteiger partial charge in [-0.2, -0.15) is 0 Å². The highest BCUT2D eigenvalue weighted by Gasteiger charge is 2.54. The van der Waals surface area contributed by atoms with Crippen LogP contribution in [0.3, 0.4) is 0 Å². The van der Waals surface area contributed by atoms with Crippen LogP contribution in [0.5, 0.6) is 0 Å². The van der Waals surface area contributed by atoms with Gasteiger partial charge in [0, 0.05) is 11.1 Å². The number of anilines is 1. The number of carbonyl (C=O) groups excluding carboxylic acids is 3. The molecule has 1 aromatic carbocycles. The maximum absolute atomic E-state index is 13.1. The molecular weight excluding hydrogens is 392 g/mol. The molecule has 2 atom stereocenters. The molecule has 31 heavy (non-hydrogen) atoms. The molecule has 168 valence electrons. The predicted octanol–water partition coefficient (Wildman–Crippen LogP) is 3.89. The Bertz CT molecular complexity index is 838. The first-order valence-electron chi connectivity index (χ1n) is 11.6. The summed E-state index contributed by atoms with van der Waals surface area (Å²) >= 11 is 0. The molecule has 0 heterocycles. The summed E-state index contributed by atoms with van der Waals surface area (Å²) in [7, 11) is 0. The molecule has 4 aliphatic carbocycles. The third-order valence-corrected chi connectivity index (χ3v) is 7.61. The molecule has 5 rings (SSSR count). The lowest BCUT2D eigenvalue weighted by Gasteiger charge is -2.55.